The van der Waals surface area contributed by atoms with Gasteiger partial charge in [-0.15, -0.1) is 0 Å². The summed E-state index contributed by atoms with van der Waals surface area (Å²) in [6.45, 7) is 13.3. The maximum absolute atomic E-state index is 6.54. The average molecular weight is 513 g/mol. The molecule has 0 fully saturated rings. The number of furan rings is 1. The Balaban J connectivity index is 1.61. The number of hydrogen-bond donors (Lipinski definition) is 0. The van der Waals surface area contributed by atoms with Gasteiger partial charge in [0, 0.05) is 22.4 Å². The Kier molecular flexibility index (Phi) is 5.99. The SMILES string of the molecule is CC(C)(C)c1ccnc(-n2c3ccccc3c3ccc(C(c4ccccc4)c4ccc(C(C)(C)C)o4)cc32)c1. The van der Waals surface area contributed by atoms with Gasteiger partial charge >= 0.3 is 0 Å². The molecular weight excluding hydrogens is 476 g/mol. The van der Waals surface area contributed by atoms with E-state index >= 15 is 0 Å². The van der Waals surface area contributed by atoms with Crippen molar-refractivity contribution in [3.63, 3.8) is 0 Å². The van der Waals surface area contributed by atoms with Gasteiger partial charge in [-0.2, -0.15) is 0 Å². The fraction of sp³-hybridized carbons (Fsp3) is 0.250. The Labute approximate surface area is 231 Å². The summed E-state index contributed by atoms with van der Waals surface area (Å²) in [7, 11) is 0. The lowest BCUT2D eigenvalue weighted by molar-refractivity contribution is 0.384. The molecule has 196 valence electrons. The molecule has 0 amide bonds. The predicted molar refractivity (Wildman–Crippen MR) is 162 cm³/mol. The monoisotopic (exact) mass is 512 g/mol. The number of aromatic nitrogens is 2. The molecule has 0 N–H and O–H groups in total. The van der Waals surface area contributed by atoms with Crippen molar-refractivity contribution in [1.82, 2.24) is 9.55 Å². The van der Waals surface area contributed by atoms with Crippen molar-refractivity contribution >= 4 is 21.8 Å². The van der Waals surface area contributed by atoms with Crippen LogP contribution in [0.25, 0.3) is 27.6 Å². The number of pyridine rings is 1. The molecule has 0 radical (unpaired) electrons. The molecule has 3 nitrogen and oxygen atoms in total. The lowest BCUT2D eigenvalue weighted by Crippen LogP contribution is -2.12. The highest BCUT2D eigenvalue weighted by atomic mass is 16.3. The minimum Gasteiger partial charge on any atom is -0.465 e. The van der Waals surface area contributed by atoms with Crippen LogP contribution in [0.1, 0.15) is 75.7 Å². The Hall–Kier alpha value is -4.11. The number of hydrogen-bond acceptors (Lipinski definition) is 2. The van der Waals surface area contributed by atoms with Crippen LogP contribution in [0.5, 0.6) is 0 Å². The smallest absolute Gasteiger partial charge is 0.137 e. The Morgan fingerprint density at radius 3 is 2.08 bits per heavy atom. The van der Waals surface area contributed by atoms with Crippen LogP contribution in [0, 0.1) is 0 Å². The van der Waals surface area contributed by atoms with Gasteiger partial charge in [-0.25, -0.2) is 4.98 Å². The molecule has 3 aromatic heterocycles. The summed E-state index contributed by atoms with van der Waals surface area (Å²) in [5.74, 6) is 2.87. The normalized spacial score (nSPS) is 13.3. The van der Waals surface area contributed by atoms with E-state index in [2.05, 4.69) is 143 Å². The van der Waals surface area contributed by atoms with Crippen LogP contribution in [0.2, 0.25) is 0 Å². The van der Waals surface area contributed by atoms with Crippen molar-refractivity contribution in [3.05, 3.63) is 131 Å². The van der Waals surface area contributed by atoms with E-state index < -0.39 is 0 Å². The molecule has 1 unspecified atom stereocenters. The Bertz CT molecular complexity index is 1770. The number of benzene rings is 3. The van der Waals surface area contributed by atoms with Gasteiger partial charge in [0.2, 0.25) is 0 Å². The van der Waals surface area contributed by atoms with Crippen LogP contribution in [-0.4, -0.2) is 9.55 Å². The van der Waals surface area contributed by atoms with Crippen molar-refractivity contribution in [2.75, 3.05) is 0 Å². The third-order valence-corrected chi connectivity index (χ3v) is 7.66. The molecule has 0 aliphatic heterocycles. The molecule has 39 heavy (non-hydrogen) atoms. The molecule has 0 bridgehead atoms. The van der Waals surface area contributed by atoms with Gasteiger partial charge in [0.15, 0.2) is 0 Å². The molecule has 3 heterocycles. The summed E-state index contributed by atoms with van der Waals surface area (Å²) in [6.07, 6.45) is 1.93. The van der Waals surface area contributed by atoms with Gasteiger partial charge in [-0.05, 0) is 58.5 Å². The lowest BCUT2D eigenvalue weighted by Gasteiger charge is -2.20. The average Bonchev–Trinajstić information content (AvgIpc) is 3.52. The first-order valence-corrected chi connectivity index (χ1v) is 13.8. The van der Waals surface area contributed by atoms with E-state index in [1.165, 1.54) is 27.5 Å². The van der Waals surface area contributed by atoms with E-state index in [-0.39, 0.29) is 16.7 Å². The zero-order valence-corrected chi connectivity index (χ0v) is 23.7. The molecule has 1 atom stereocenters. The molecule has 0 aliphatic carbocycles. The second-order valence-corrected chi connectivity index (χ2v) is 12.6. The molecule has 3 aromatic carbocycles. The van der Waals surface area contributed by atoms with E-state index in [0.717, 1.165) is 28.4 Å². The van der Waals surface area contributed by atoms with Crippen LogP contribution in [0.4, 0.5) is 0 Å². The summed E-state index contributed by atoms with van der Waals surface area (Å²) < 4.78 is 8.85. The highest BCUT2D eigenvalue weighted by Crippen LogP contribution is 2.39. The van der Waals surface area contributed by atoms with Gasteiger partial charge in [-0.1, -0.05) is 102 Å². The highest BCUT2D eigenvalue weighted by Gasteiger charge is 2.25. The van der Waals surface area contributed by atoms with Crippen molar-refractivity contribution in [3.8, 4) is 5.82 Å². The van der Waals surface area contributed by atoms with E-state index in [1.807, 2.05) is 6.20 Å². The summed E-state index contributed by atoms with van der Waals surface area (Å²) in [6, 6.07) is 34.8. The number of para-hydroxylation sites is 1. The summed E-state index contributed by atoms with van der Waals surface area (Å²) in [5, 5.41) is 2.45. The van der Waals surface area contributed by atoms with Gasteiger partial charge < -0.3 is 4.42 Å². The fourth-order valence-electron chi connectivity index (χ4n) is 5.50. The van der Waals surface area contributed by atoms with Gasteiger partial charge in [0.1, 0.15) is 17.3 Å². The standard InChI is InChI=1S/C36H36N2O/c1-35(2,3)26-20-21-37-33(23-26)38-29-15-11-10-14-27(29)28-17-16-25(22-30(28)38)34(24-12-8-7-9-13-24)31-18-19-32(39-31)36(4,5)6/h7-23,34H,1-6H3. The summed E-state index contributed by atoms with van der Waals surface area (Å²) in [5.41, 5.74) is 5.95. The topological polar surface area (TPSA) is 31.0 Å². The van der Waals surface area contributed by atoms with Crippen LogP contribution >= 0.6 is 0 Å². The van der Waals surface area contributed by atoms with E-state index in [9.17, 15) is 0 Å². The Morgan fingerprint density at radius 2 is 1.36 bits per heavy atom. The fourth-order valence-corrected chi connectivity index (χ4v) is 5.50. The van der Waals surface area contributed by atoms with Gasteiger partial charge in [0.25, 0.3) is 0 Å². The van der Waals surface area contributed by atoms with E-state index in [0.29, 0.717) is 0 Å². The largest absolute Gasteiger partial charge is 0.465 e. The van der Waals surface area contributed by atoms with E-state index in [1.54, 1.807) is 0 Å². The van der Waals surface area contributed by atoms with Crippen molar-refractivity contribution in [1.29, 1.82) is 0 Å². The van der Waals surface area contributed by atoms with Gasteiger partial charge in [-0.3, -0.25) is 4.57 Å². The molecule has 0 spiro atoms. The predicted octanol–water partition coefficient (Wildman–Crippen LogP) is 9.55. The molecule has 0 aliphatic rings. The second-order valence-electron chi connectivity index (χ2n) is 12.6. The van der Waals surface area contributed by atoms with E-state index in [4.69, 9.17) is 9.40 Å². The number of fused-ring (bicyclic) bond motifs is 3. The summed E-state index contributed by atoms with van der Waals surface area (Å²) in [4.78, 5) is 4.86. The van der Waals surface area contributed by atoms with Gasteiger partial charge in [0.05, 0.1) is 17.0 Å². The first kappa shape index (κ1) is 25.2. The Morgan fingerprint density at radius 1 is 0.641 bits per heavy atom. The van der Waals surface area contributed by atoms with Crippen LogP contribution in [0.3, 0.4) is 0 Å². The first-order chi connectivity index (χ1) is 18.6. The molecule has 0 saturated carbocycles. The first-order valence-electron chi connectivity index (χ1n) is 13.8. The third kappa shape index (κ3) is 4.57. The lowest BCUT2D eigenvalue weighted by atomic mass is 9.88. The van der Waals surface area contributed by atoms with Crippen molar-refractivity contribution < 1.29 is 4.42 Å². The maximum atomic E-state index is 6.54. The zero-order chi connectivity index (χ0) is 27.4. The minimum atomic E-state index is -0.0559. The summed E-state index contributed by atoms with van der Waals surface area (Å²) >= 11 is 0. The third-order valence-electron chi connectivity index (χ3n) is 7.66. The maximum Gasteiger partial charge on any atom is 0.137 e. The highest BCUT2D eigenvalue weighted by molar-refractivity contribution is 6.09. The number of rotatable bonds is 4. The zero-order valence-electron chi connectivity index (χ0n) is 23.7. The van der Waals surface area contributed by atoms with Crippen molar-refractivity contribution in [2.24, 2.45) is 0 Å². The molecule has 6 rings (SSSR count). The quantitative estimate of drug-likeness (QED) is 0.235. The molecule has 3 heteroatoms. The van der Waals surface area contributed by atoms with Crippen LogP contribution < -0.4 is 0 Å². The molecule has 0 saturated heterocycles. The number of nitrogens with zero attached hydrogens (tertiary/aromatic N) is 2. The van der Waals surface area contributed by atoms with Crippen molar-refractivity contribution in [2.45, 2.75) is 58.3 Å². The minimum absolute atomic E-state index is 0.0213. The molecular formula is C36H36N2O. The van der Waals surface area contributed by atoms with Crippen LogP contribution in [-0.2, 0) is 10.8 Å². The molecule has 6 aromatic rings. The second kappa shape index (κ2) is 9.27. The van der Waals surface area contributed by atoms with Crippen LogP contribution in [0.15, 0.2) is 108 Å².